The van der Waals surface area contributed by atoms with Crippen molar-refractivity contribution in [1.82, 2.24) is 9.97 Å². The molecule has 0 radical (unpaired) electrons. The summed E-state index contributed by atoms with van der Waals surface area (Å²) in [4.78, 5) is 6.20. The number of hydrogen-bond donors (Lipinski definition) is 2. The lowest BCUT2D eigenvalue weighted by Crippen LogP contribution is -2.03. The van der Waals surface area contributed by atoms with E-state index in [1.807, 2.05) is 30.5 Å². The van der Waals surface area contributed by atoms with Gasteiger partial charge in [-0.3, -0.25) is 0 Å². The molecule has 0 aliphatic heterocycles. The van der Waals surface area contributed by atoms with Gasteiger partial charge < -0.3 is 9.97 Å². The first kappa shape index (κ1) is 12.9. The van der Waals surface area contributed by atoms with Gasteiger partial charge in [0.1, 0.15) is 0 Å². The number of allylic oxidation sites excluding steroid dienone is 2. The number of aromatic nitrogens is 2. The van der Waals surface area contributed by atoms with Crippen molar-refractivity contribution in [1.29, 1.82) is 5.26 Å². The molecular weight excluding hydrogens is 266 g/mol. The Morgan fingerprint density at radius 2 is 2.10 bits per heavy atom. The van der Waals surface area contributed by atoms with Gasteiger partial charge in [0.05, 0.1) is 11.6 Å². The summed E-state index contributed by atoms with van der Waals surface area (Å²) in [7, 11) is 0. The molecule has 1 atom stereocenters. The van der Waals surface area contributed by atoms with Crippen LogP contribution in [0.4, 0.5) is 0 Å². The van der Waals surface area contributed by atoms with Gasteiger partial charge in [-0.15, -0.1) is 0 Å². The van der Waals surface area contributed by atoms with E-state index in [1.165, 1.54) is 17.6 Å². The number of nitrogens with zero attached hydrogens (tertiary/aromatic N) is 1. The average Bonchev–Trinajstić information content (AvgIpc) is 3.09. The molecule has 0 bridgehead atoms. The summed E-state index contributed by atoms with van der Waals surface area (Å²) in [5, 5.41) is 8.86. The molecule has 100 valence electrons. The number of imidazole rings is 1. The van der Waals surface area contributed by atoms with Crippen LogP contribution in [0.25, 0.3) is 5.57 Å². The zero-order chi connectivity index (χ0) is 13.9. The van der Waals surface area contributed by atoms with Crippen molar-refractivity contribution in [3.63, 3.8) is 0 Å². The summed E-state index contributed by atoms with van der Waals surface area (Å²) in [5.74, 6) is 0.518. The lowest BCUT2D eigenvalue weighted by molar-refractivity contribution is 0.635. The molecule has 1 heterocycles. The molecule has 0 fully saturated rings. The van der Waals surface area contributed by atoms with Gasteiger partial charge in [0, 0.05) is 11.9 Å². The first-order valence-electron chi connectivity index (χ1n) is 6.73. The fraction of sp³-hybridized carbons (Fsp3) is 0.250. The second-order valence-electron chi connectivity index (χ2n) is 5.10. The van der Waals surface area contributed by atoms with Gasteiger partial charge in [-0.05, 0) is 60.7 Å². The molecule has 1 aromatic carbocycles. The second-order valence-corrected chi connectivity index (χ2v) is 5.50. The van der Waals surface area contributed by atoms with Gasteiger partial charge >= 0.3 is 0 Å². The molecule has 0 saturated heterocycles. The van der Waals surface area contributed by atoms with Gasteiger partial charge in [0.2, 0.25) is 0 Å². The molecule has 4 heteroatoms. The first-order valence-corrected chi connectivity index (χ1v) is 7.14. The minimum absolute atomic E-state index is 0.518. The third kappa shape index (κ3) is 2.59. The summed E-state index contributed by atoms with van der Waals surface area (Å²) in [5.41, 5.74) is 4.47. The smallest absolute Gasteiger partial charge is 0.174 e. The Labute approximate surface area is 123 Å². The molecular formula is C16H15N3S. The van der Waals surface area contributed by atoms with E-state index in [-0.39, 0.29) is 0 Å². The molecule has 2 aromatic rings. The molecule has 0 saturated carbocycles. The van der Waals surface area contributed by atoms with Gasteiger partial charge in [0.25, 0.3) is 0 Å². The Morgan fingerprint density at radius 3 is 2.75 bits per heavy atom. The Morgan fingerprint density at radius 1 is 1.30 bits per heavy atom. The fourth-order valence-corrected chi connectivity index (χ4v) is 3.00. The van der Waals surface area contributed by atoms with E-state index in [2.05, 4.69) is 22.1 Å². The standard InChI is InChI=1S/C16H15N3S/c17-9-11-4-6-12(7-5-11)15-3-1-2-13(15)8-14-10-18-16(20)19-14/h3-7,10,13H,1-2,8H2,(H2,18,19,20). The molecule has 0 amide bonds. The summed E-state index contributed by atoms with van der Waals surface area (Å²) >= 11 is 5.07. The molecule has 1 aromatic heterocycles. The average molecular weight is 281 g/mol. The van der Waals surface area contributed by atoms with E-state index < -0.39 is 0 Å². The van der Waals surface area contributed by atoms with Crippen molar-refractivity contribution < 1.29 is 0 Å². The number of nitrogens with one attached hydrogen (secondary N) is 2. The quantitative estimate of drug-likeness (QED) is 0.836. The molecule has 3 rings (SSSR count). The van der Waals surface area contributed by atoms with E-state index in [4.69, 9.17) is 17.5 Å². The predicted molar refractivity (Wildman–Crippen MR) is 81.5 cm³/mol. The monoisotopic (exact) mass is 281 g/mol. The molecule has 20 heavy (non-hydrogen) atoms. The van der Waals surface area contributed by atoms with Crippen molar-refractivity contribution in [2.24, 2.45) is 5.92 Å². The number of aromatic amines is 2. The van der Waals surface area contributed by atoms with Crippen LogP contribution in [-0.2, 0) is 6.42 Å². The van der Waals surface area contributed by atoms with Crippen LogP contribution in [0.2, 0.25) is 0 Å². The number of benzene rings is 1. The van der Waals surface area contributed by atoms with Crippen LogP contribution in [0.3, 0.4) is 0 Å². The van der Waals surface area contributed by atoms with Crippen LogP contribution in [-0.4, -0.2) is 9.97 Å². The van der Waals surface area contributed by atoms with Crippen molar-refractivity contribution in [2.45, 2.75) is 19.3 Å². The molecule has 1 aliphatic carbocycles. The molecule has 2 N–H and O–H groups in total. The van der Waals surface area contributed by atoms with Crippen LogP contribution in [0.15, 0.2) is 36.5 Å². The van der Waals surface area contributed by atoms with Crippen LogP contribution in [0, 0.1) is 22.0 Å². The minimum atomic E-state index is 0.518. The first-order chi connectivity index (χ1) is 9.76. The van der Waals surface area contributed by atoms with Gasteiger partial charge in [-0.2, -0.15) is 5.26 Å². The highest BCUT2D eigenvalue weighted by atomic mass is 32.1. The predicted octanol–water partition coefficient (Wildman–Crippen LogP) is 3.98. The molecule has 0 spiro atoms. The van der Waals surface area contributed by atoms with Crippen molar-refractivity contribution >= 4 is 17.8 Å². The van der Waals surface area contributed by atoms with Gasteiger partial charge in [-0.25, -0.2) is 0 Å². The highest BCUT2D eigenvalue weighted by Crippen LogP contribution is 2.35. The molecule has 1 unspecified atom stereocenters. The SMILES string of the molecule is N#Cc1ccc(C2=CCCC2Cc2c[nH]c(=S)[nH]2)cc1. The number of rotatable bonds is 3. The number of H-pyrrole nitrogens is 2. The van der Waals surface area contributed by atoms with Crippen LogP contribution in [0.1, 0.15) is 29.7 Å². The Hall–Kier alpha value is -2.12. The molecule has 1 aliphatic rings. The van der Waals surface area contributed by atoms with Crippen LogP contribution in [0.5, 0.6) is 0 Å². The fourth-order valence-electron chi connectivity index (χ4n) is 2.81. The van der Waals surface area contributed by atoms with Crippen LogP contribution < -0.4 is 0 Å². The highest BCUT2D eigenvalue weighted by molar-refractivity contribution is 7.71. The maximum Gasteiger partial charge on any atom is 0.174 e. The van der Waals surface area contributed by atoms with E-state index in [0.717, 1.165) is 18.5 Å². The van der Waals surface area contributed by atoms with E-state index in [0.29, 0.717) is 16.3 Å². The zero-order valence-corrected chi connectivity index (χ0v) is 11.8. The second kappa shape index (κ2) is 5.48. The Kier molecular flexibility index (Phi) is 3.53. The minimum Gasteiger partial charge on any atom is -0.337 e. The highest BCUT2D eigenvalue weighted by Gasteiger charge is 2.21. The summed E-state index contributed by atoms with van der Waals surface area (Å²) in [6.45, 7) is 0. The maximum atomic E-state index is 8.86. The van der Waals surface area contributed by atoms with Gasteiger partial charge in [0.15, 0.2) is 4.77 Å². The van der Waals surface area contributed by atoms with Gasteiger partial charge in [-0.1, -0.05) is 18.2 Å². The maximum absolute atomic E-state index is 8.86. The zero-order valence-electron chi connectivity index (χ0n) is 11.0. The summed E-state index contributed by atoms with van der Waals surface area (Å²) in [6, 6.07) is 10.0. The van der Waals surface area contributed by atoms with E-state index in [9.17, 15) is 0 Å². The van der Waals surface area contributed by atoms with Crippen molar-refractivity contribution in [3.8, 4) is 6.07 Å². The van der Waals surface area contributed by atoms with Crippen molar-refractivity contribution in [3.05, 3.63) is 58.1 Å². The van der Waals surface area contributed by atoms with Crippen molar-refractivity contribution in [2.75, 3.05) is 0 Å². The summed E-state index contributed by atoms with van der Waals surface area (Å²) in [6.07, 6.45) is 7.52. The lowest BCUT2D eigenvalue weighted by atomic mass is 9.91. The van der Waals surface area contributed by atoms with E-state index in [1.54, 1.807) is 0 Å². The van der Waals surface area contributed by atoms with E-state index >= 15 is 0 Å². The Bertz CT molecular complexity index is 728. The Balaban J connectivity index is 1.81. The molecule has 3 nitrogen and oxygen atoms in total. The largest absolute Gasteiger partial charge is 0.337 e. The third-order valence-corrected chi connectivity index (χ3v) is 4.00. The normalized spacial score (nSPS) is 17.8. The number of nitriles is 1. The van der Waals surface area contributed by atoms with Crippen LogP contribution >= 0.6 is 12.2 Å². The number of hydrogen-bond acceptors (Lipinski definition) is 2. The third-order valence-electron chi connectivity index (χ3n) is 3.78. The summed E-state index contributed by atoms with van der Waals surface area (Å²) < 4.78 is 0.682. The topological polar surface area (TPSA) is 55.4 Å². The lowest BCUT2D eigenvalue weighted by Gasteiger charge is -2.14.